The van der Waals surface area contributed by atoms with Crippen LogP contribution >= 0.6 is 11.3 Å². The van der Waals surface area contributed by atoms with Crippen molar-refractivity contribution in [2.45, 2.75) is 31.3 Å². The lowest BCUT2D eigenvalue weighted by molar-refractivity contribution is 0.0332. The molecule has 1 aromatic carbocycles. The van der Waals surface area contributed by atoms with Crippen molar-refractivity contribution in [3.05, 3.63) is 58.3 Å². The topological polar surface area (TPSA) is 50.4 Å². The van der Waals surface area contributed by atoms with Gasteiger partial charge in [-0.25, -0.2) is 0 Å². The van der Waals surface area contributed by atoms with E-state index in [1.807, 2.05) is 23.6 Å². The van der Waals surface area contributed by atoms with Gasteiger partial charge in [0.1, 0.15) is 0 Å². The third-order valence-electron chi connectivity index (χ3n) is 4.60. The lowest BCUT2D eigenvalue weighted by atomic mass is 9.88. The van der Waals surface area contributed by atoms with E-state index in [0.717, 1.165) is 30.9 Å². The smallest absolute Gasteiger partial charge is 0.261 e. The Labute approximate surface area is 147 Å². The van der Waals surface area contributed by atoms with E-state index in [9.17, 15) is 4.79 Å². The van der Waals surface area contributed by atoms with Crippen LogP contribution in [0, 0.1) is 0 Å². The number of ether oxygens (including phenoxy) is 1. The molecule has 24 heavy (non-hydrogen) atoms. The normalized spacial score (nSPS) is 18.0. The molecule has 0 unspecified atom stereocenters. The van der Waals surface area contributed by atoms with Crippen molar-refractivity contribution in [2.24, 2.45) is 0 Å². The maximum atomic E-state index is 12.3. The summed E-state index contributed by atoms with van der Waals surface area (Å²) in [5.74, 6) is 0.00466. The van der Waals surface area contributed by atoms with Gasteiger partial charge in [-0.15, -0.1) is 11.3 Å². The molecule has 0 aliphatic carbocycles. The number of nitrogens with one attached hydrogen (secondary N) is 2. The first kappa shape index (κ1) is 17.1. The van der Waals surface area contributed by atoms with Gasteiger partial charge in [0.05, 0.1) is 4.88 Å². The molecule has 0 radical (unpaired) electrons. The predicted molar refractivity (Wildman–Crippen MR) is 97.4 cm³/mol. The summed E-state index contributed by atoms with van der Waals surface area (Å²) in [4.78, 5) is 13.0. The number of benzene rings is 1. The number of rotatable bonds is 6. The summed E-state index contributed by atoms with van der Waals surface area (Å²) in [7, 11) is 0. The van der Waals surface area contributed by atoms with Crippen LogP contribution in [0.25, 0.3) is 0 Å². The summed E-state index contributed by atoms with van der Waals surface area (Å²) in [6, 6.07) is 14.4. The van der Waals surface area contributed by atoms with Gasteiger partial charge in [0.2, 0.25) is 0 Å². The predicted octanol–water partition coefficient (Wildman–Crippen LogP) is 3.38. The van der Waals surface area contributed by atoms with E-state index >= 15 is 0 Å². The standard InChI is InChI=1S/C19H24N2O2S/c1-15(16-6-3-2-4-7-16)21-19(9-11-23-12-10-19)14-20-18(22)17-8-5-13-24-17/h2-8,13,15,21H,9-12,14H2,1H3,(H,20,22)/t15-/m0/s1. The van der Waals surface area contributed by atoms with Crippen LogP contribution in [0.2, 0.25) is 0 Å². The number of hydrogen-bond donors (Lipinski definition) is 2. The zero-order valence-corrected chi connectivity index (χ0v) is 14.8. The van der Waals surface area contributed by atoms with Gasteiger partial charge in [-0.2, -0.15) is 0 Å². The molecule has 2 aromatic rings. The van der Waals surface area contributed by atoms with E-state index in [-0.39, 0.29) is 17.5 Å². The second-order valence-corrected chi connectivity index (χ2v) is 7.28. The highest BCUT2D eigenvalue weighted by Crippen LogP contribution is 2.25. The monoisotopic (exact) mass is 344 g/mol. The molecule has 0 saturated carbocycles. The van der Waals surface area contributed by atoms with Crippen LogP contribution in [-0.4, -0.2) is 31.2 Å². The first-order valence-electron chi connectivity index (χ1n) is 8.41. The van der Waals surface area contributed by atoms with Crippen molar-refractivity contribution < 1.29 is 9.53 Å². The van der Waals surface area contributed by atoms with Gasteiger partial charge in [-0.3, -0.25) is 4.79 Å². The minimum absolute atomic E-state index is 0.00466. The maximum Gasteiger partial charge on any atom is 0.261 e. The molecule has 0 spiro atoms. The summed E-state index contributed by atoms with van der Waals surface area (Å²) in [5.41, 5.74) is 1.13. The van der Waals surface area contributed by atoms with E-state index in [0.29, 0.717) is 6.54 Å². The Kier molecular flexibility index (Phi) is 5.66. The molecule has 1 saturated heterocycles. The molecule has 1 aromatic heterocycles. The van der Waals surface area contributed by atoms with Gasteiger partial charge in [0.25, 0.3) is 5.91 Å². The van der Waals surface area contributed by atoms with Crippen LogP contribution in [0.4, 0.5) is 0 Å². The summed E-state index contributed by atoms with van der Waals surface area (Å²) >= 11 is 1.47. The molecule has 1 aliphatic heterocycles. The highest BCUT2D eigenvalue weighted by atomic mass is 32.1. The molecule has 1 atom stereocenters. The van der Waals surface area contributed by atoms with Crippen molar-refractivity contribution in [1.29, 1.82) is 0 Å². The SMILES string of the molecule is C[C@H](NC1(CNC(=O)c2cccs2)CCOCC1)c1ccccc1. The van der Waals surface area contributed by atoms with Gasteiger partial charge in [0, 0.05) is 31.3 Å². The third kappa shape index (κ3) is 4.23. The molecule has 1 fully saturated rings. The fraction of sp³-hybridized carbons (Fsp3) is 0.421. The number of carbonyl (C=O) groups excluding carboxylic acids is 1. The molecule has 128 valence electrons. The van der Waals surface area contributed by atoms with E-state index in [2.05, 4.69) is 41.8 Å². The van der Waals surface area contributed by atoms with Crippen LogP contribution in [0.5, 0.6) is 0 Å². The van der Waals surface area contributed by atoms with Crippen molar-refractivity contribution in [3.8, 4) is 0 Å². The Morgan fingerprint density at radius 2 is 1.96 bits per heavy atom. The molecule has 1 aliphatic rings. The molecule has 2 heterocycles. The minimum Gasteiger partial charge on any atom is -0.381 e. The van der Waals surface area contributed by atoms with Crippen molar-refractivity contribution in [1.82, 2.24) is 10.6 Å². The molecule has 4 nitrogen and oxygen atoms in total. The Bertz CT molecular complexity index is 637. The van der Waals surface area contributed by atoms with E-state index < -0.39 is 0 Å². The van der Waals surface area contributed by atoms with Crippen molar-refractivity contribution >= 4 is 17.2 Å². The number of carbonyl (C=O) groups is 1. The van der Waals surface area contributed by atoms with E-state index in [1.54, 1.807) is 0 Å². The lowest BCUT2D eigenvalue weighted by Gasteiger charge is -2.40. The van der Waals surface area contributed by atoms with Crippen LogP contribution in [0.1, 0.15) is 41.0 Å². The van der Waals surface area contributed by atoms with Crippen LogP contribution in [0.15, 0.2) is 47.8 Å². The maximum absolute atomic E-state index is 12.3. The van der Waals surface area contributed by atoms with Gasteiger partial charge >= 0.3 is 0 Å². The Hall–Kier alpha value is -1.69. The molecule has 3 rings (SSSR count). The van der Waals surface area contributed by atoms with Crippen molar-refractivity contribution in [2.75, 3.05) is 19.8 Å². The second kappa shape index (κ2) is 7.92. The Balaban J connectivity index is 1.67. The zero-order valence-electron chi connectivity index (χ0n) is 14.0. The average Bonchev–Trinajstić information content (AvgIpc) is 3.16. The fourth-order valence-corrected chi connectivity index (χ4v) is 3.80. The van der Waals surface area contributed by atoms with Gasteiger partial charge < -0.3 is 15.4 Å². The number of amides is 1. The largest absolute Gasteiger partial charge is 0.381 e. The first-order valence-corrected chi connectivity index (χ1v) is 9.29. The van der Waals surface area contributed by atoms with Crippen LogP contribution in [0.3, 0.4) is 0 Å². The summed E-state index contributed by atoms with van der Waals surface area (Å²) in [6.45, 7) is 4.24. The average molecular weight is 344 g/mol. The third-order valence-corrected chi connectivity index (χ3v) is 5.47. The Morgan fingerprint density at radius 3 is 2.62 bits per heavy atom. The van der Waals surface area contributed by atoms with Crippen molar-refractivity contribution in [3.63, 3.8) is 0 Å². The lowest BCUT2D eigenvalue weighted by Crippen LogP contribution is -2.57. The first-order chi connectivity index (χ1) is 11.7. The summed E-state index contributed by atoms with van der Waals surface area (Å²) in [6.07, 6.45) is 1.80. The molecule has 5 heteroatoms. The second-order valence-electron chi connectivity index (χ2n) is 6.33. The Morgan fingerprint density at radius 1 is 1.21 bits per heavy atom. The molecular formula is C19H24N2O2S. The molecule has 1 amide bonds. The number of hydrogen-bond acceptors (Lipinski definition) is 4. The van der Waals surface area contributed by atoms with Gasteiger partial charge in [-0.1, -0.05) is 36.4 Å². The van der Waals surface area contributed by atoms with Gasteiger partial charge in [0.15, 0.2) is 0 Å². The molecule has 2 N–H and O–H groups in total. The zero-order chi connectivity index (χ0) is 16.8. The highest BCUT2D eigenvalue weighted by molar-refractivity contribution is 7.12. The number of thiophene rings is 1. The summed E-state index contributed by atoms with van der Waals surface area (Å²) in [5, 5.41) is 8.79. The van der Waals surface area contributed by atoms with Crippen LogP contribution in [-0.2, 0) is 4.74 Å². The fourth-order valence-electron chi connectivity index (χ4n) is 3.16. The highest BCUT2D eigenvalue weighted by Gasteiger charge is 2.34. The molecule has 0 bridgehead atoms. The van der Waals surface area contributed by atoms with E-state index in [1.165, 1.54) is 16.9 Å². The van der Waals surface area contributed by atoms with Gasteiger partial charge in [-0.05, 0) is 36.8 Å². The van der Waals surface area contributed by atoms with Crippen LogP contribution < -0.4 is 10.6 Å². The molecular weight excluding hydrogens is 320 g/mol. The van der Waals surface area contributed by atoms with E-state index in [4.69, 9.17) is 4.74 Å². The quantitative estimate of drug-likeness (QED) is 0.845. The minimum atomic E-state index is -0.125. The summed E-state index contributed by atoms with van der Waals surface area (Å²) < 4.78 is 5.54.